The monoisotopic (exact) mass is 870 g/mol. The van der Waals surface area contributed by atoms with Crippen LogP contribution in [0.25, 0.3) is 0 Å². The molecule has 1 amide bonds. The number of aliphatic hydroxyl groups is 2. The van der Waals surface area contributed by atoms with Crippen molar-refractivity contribution >= 4 is 17.9 Å². The van der Waals surface area contributed by atoms with E-state index in [1.54, 1.807) is 31.4 Å². The van der Waals surface area contributed by atoms with Crippen LogP contribution in [0, 0.1) is 17.8 Å². The Morgan fingerprint density at radius 1 is 0.906 bits per heavy atom. The van der Waals surface area contributed by atoms with Crippen molar-refractivity contribution in [2.45, 2.75) is 89.1 Å². The number of carbonyl (C=O) groups excluding carboxylic acids is 2. The zero-order valence-electron chi connectivity index (χ0n) is 37.1. The van der Waals surface area contributed by atoms with Gasteiger partial charge in [0.2, 0.25) is 11.7 Å². The summed E-state index contributed by atoms with van der Waals surface area (Å²) in [7, 11) is 1.62. The summed E-state index contributed by atoms with van der Waals surface area (Å²) in [6.07, 6.45) is 10.5. The standard InChI is InChI=1S/C53H62N2O9/c1-4-25-55(50(59)31-38-17-13-20-41(29-38)60-3)49-34-47(54-62-36-37-15-7-6-8-16-37)45-32-40(19-9-11-26-56)44(22-10-12-27-57)51-46-33-43(63-42-21-14-18-39(30-42)35-58)23-24-48(46)64-53(49,52(45)51)61-28-5-2/h5-8,13-18,20-21,23-24,29-30,32-33,35,40,44,49,51-52,56-57H,2,4,9-12,19,22,25-28,31,34,36H2,1,3H3/t40-,44+,49-,51+,52+,53+/m0/s1. The Labute approximate surface area is 377 Å². The second kappa shape index (κ2) is 22.2. The molecule has 2 N–H and O–H groups in total. The van der Waals surface area contributed by atoms with Crippen LogP contribution in [0.2, 0.25) is 0 Å². The van der Waals surface area contributed by atoms with Gasteiger partial charge in [-0.25, -0.2) is 0 Å². The molecular weight excluding hydrogens is 809 g/mol. The number of benzene rings is 4. The van der Waals surface area contributed by atoms with Crippen LogP contribution < -0.4 is 14.2 Å². The quantitative estimate of drug-likeness (QED) is 0.0323. The SMILES string of the molecule is C=CCO[C@@]12Oc3ccc(Oc4cccc(C=O)c4)cc3[C@H]3[C@H](CCCCO)[C@@H](CCCCO)C=C(C(=NOCc4ccccc4)C[C@@H]1N(CCC)C(=O)Cc1cccc(OC)c1)[C@H]32. The van der Waals surface area contributed by atoms with Gasteiger partial charge in [-0.15, -0.1) is 6.58 Å². The number of carbonyl (C=O) groups is 2. The first kappa shape index (κ1) is 46.2. The van der Waals surface area contributed by atoms with Gasteiger partial charge in [-0.1, -0.05) is 91.7 Å². The lowest BCUT2D eigenvalue weighted by atomic mass is 9.55. The maximum absolute atomic E-state index is 15.0. The third-order valence-corrected chi connectivity index (χ3v) is 12.8. The smallest absolute Gasteiger partial charge is 0.239 e. The minimum absolute atomic E-state index is 0.0411. The maximum Gasteiger partial charge on any atom is 0.239 e. The number of ether oxygens (including phenoxy) is 4. The lowest BCUT2D eigenvalue weighted by Crippen LogP contribution is -2.70. The molecule has 1 saturated carbocycles. The minimum Gasteiger partial charge on any atom is -0.497 e. The molecule has 0 bridgehead atoms. The largest absolute Gasteiger partial charge is 0.497 e. The molecule has 1 fully saturated rings. The number of aliphatic hydroxyl groups excluding tert-OH is 2. The summed E-state index contributed by atoms with van der Waals surface area (Å²) >= 11 is 0. The molecule has 3 aliphatic rings. The number of aldehydes is 1. The number of fused-ring (bicyclic) bond motifs is 2. The van der Waals surface area contributed by atoms with Crippen LogP contribution in [0.3, 0.4) is 0 Å². The maximum atomic E-state index is 15.0. The van der Waals surface area contributed by atoms with Crippen molar-refractivity contribution in [1.82, 2.24) is 4.90 Å². The molecule has 0 radical (unpaired) electrons. The fourth-order valence-electron chi connectivity index (χ4n) is 10.0. The molecule has 2 aliphatic carbocycles. The molecule has 11 nitrogen and oxygen atoms in total. The molecule has 4 aromatic carbocycles. The summed E-state index contributed by atoms with van der Waals surface area (Å²) in [5, 5.41) is 24.9. The molecule has 6 atom stereocenters. The third kappa shape index (κ3) is 10.4. The van der Waals surface area contributed by atoms with Crippen LogP contribution in [0.4, 0.5) is 0 Å². The fraction of sp³-hybridized carbons (Fsp3) is 0.415. The van der Waals surface area contributed by atoms with Crippen LogP contribution in [0.1, 0.15) is 91.3 Å². The fourth-order valence-corrected chi connectivity index (χ4v) is 10.0. The Morgan fingerprint density at radius 2 is 1.66 bits per heavy atom. The van der Waals surface area contributed by atoms with Crippen LogP contribution in [-0.2, 0) is 27.4 Å². The second-order valence-corrected chi connectivity index (χ2v) is 16.9. The lowest BCUT2D eigenvalue weighted by Gasteiger charge is -2.60. The Bertz CT molecular complexity index is 2260. The summed E-state index contributed by atoms with van der Waals surface area (Å²) in [5.41, 5.74) is 4.94. The van der Waals surface area contributed by atoms with E-state index in [0.29, 0.717) is 60.8 Å². The van der Waals surface area contributed by atoms with E-state index in [1.165, 1.54) is 0 Å². The third-order valence-electron chi connectivity index (χ3n) is 12.8. The predicted molar refractivity (Wildman–Crippen MR) is 247 cm³/mol. The Morgan fingerprint density at radius 3 is 2.41 bits per heavy atom. The number of hydrogen-bond donors (Lipinski definition) is 2. The van der Waals surface area contributed by atoms with E-state index in [4.69, 9.17) is 28.9 Å². The van der Waals surface area contributed by atoms with Gasteiger partial charge >= 0.3 is 0 Å². The number of methoxy groups -OCH3 is 1. The molecule has 0 aromatic heterocycles. The number of allylic oxidation sites excluding steroid dienone is 1. The summed E-state index contributed by atoms with van der Waals surface area (Å²) in [4.78, 5) is 34.9. The molecular formula is C53H62N2O9. The van der Waals surface area contributed by atoms with Gasteiger partial charge in [-0.05, 0) is 103 Å². The van der Waals surface area contributed by atoms with Gasteiger partial charge < -0.3 is 38.9 Å². The van der Waals surface area contributed by atoms with Crippen molar-refractivity contribution < 1.29 is 43.6 Å². The van der Waals surface area contributed by atoms with Gasteiger partial charge in [0.25, 0.3) is 0 Å². The average Bonchev–Trinajstić information content (AvgIpc) is 3.32. The number of rotatable bonds is 23. The van der Waals surface area contributed by atoms with Crippen LogP contribution in [0.5, 0.6) is 23.0 Å². The van der Waals surface area contributed by atoms with Crippen molar-refractivity contribution in [3.63, 3.8) is 0 Å². The van der Waals surface area contributed by atoms with E-state index in [1.807, 2.05) is 83.8 Å². The Balaban J connectivity index is 1.43. The Kier molecular flexibility index (Phi) is 16.1. The highest BCUT2D eigenvalue weighted by atomic mass is 16.7. The van der Waals surface area contributed by atoms with Gasteiger partial charge in [-0.3, -0.25) is 9.59 Å². The minimum atomic E-state index is -1.39. The molecule has 1 heterocycles. The van der Waals surface area contributed by atoms with E-state index in [-0.39, 0.29) is 56.5 Å². The normalized spacial score (nSPS) is 22.6. The van der Waals surface area contributed by atoms with E-state index >= 15 is 0 Å². The first-order valence-corrected chi connectivity index (χ1v) is 22.8. The average molecular weight is 871 g/mol. The molecule has 338 valence electrons. The summed E-state index contributed by atoms with van der Waals surface area (Å²) in [5.74, 6) is 0.361. The molecule has 7 rings (SSSR count). The summed E-state index contributed by atoms with van der Waals surface area (Å²) < 4.78 is 26.6. The number of oxime groups is 1. The molecule has 64 heavy (non-hydrogen) atoms. The Hall–Kier alpha value is -5.75. The lowest BCUT2D eigenvalue weighted by molar-refractivity contribution is -0.257. The van der Waals surface area contributed by atoms with E-state index < -0.39 is 17.7 Å². The van der Waals surface area contributed by atoms with Crippen LogP contribution in [-0.4, -0.2) is 78.3 Å². The van der Waals surface area contributed by atoms with Crippen molar-refractivity contribution in [3.05, 3.63) is 144 Å². The molecule has 0 unspecified atom stereocenters. The van der Waals surface area contributed by atoms with Crippen LogP contribution >= 0.6 is 0 Å². The van der Waals surface area contributed by atoms with Crippen molar-refractivity contribution in [1.29, 1.82) is 0 Å². The van der Waals surface area contributed by atoms with Crippen LogP contribution in [0.15, 0.2) is 127 Å². The van der Waals surface area contributed by atoms with Gasteiger partial charge in [0.15, 0.2) is 0 Å². The van der Waals surface area contributed by atoms with E-state index in [9.17, 15) is 19.8 Å². The van der Waals surface area contributed by atoms with Gasteiger partial charge in [0, 0.05) is 43.2 Å². The number of hydrogen-bond acceptors (Lipinski definition) is 10. The molecule has 1 aliphatic heterocycles. The highest BCUT2D eigenvalue weighted by molar-refractivity contribution is 6.03. The molecule has 0 saturated heterocycles. The topological polar surface area (TPSA) is 136 Å². The first-order chi connectivity index (χ1) is 31.4. The second-order valence-electron chi connectivity index (χ2n) is 16.9. The zero-order chi connectivity index (χ0) is 44.9. The van der Waals surface area contributed by atoms with Gasteiger partial charge in [-0.2, -0.15) is 0 Å². The van der Waals surface area contributed by atoms with E-state index in [2.05, 4.69) is 19.6 Å². The highest BCUT2D eigenvalue weighted by Gasteiger charge is 2.65. The van der Waals surface area contributed by atoms with Crippen molar-refractivity contribution in [2.75, 3.05) is 33.5 Å². The van der Waals surface area contributed by atoms with Crippen molar-refractivity contribution in [3.8, 4) is 23.0 Å². The first-order valence-electron chi connectivity index (χ1n) is 22.8. The highest BCUT2D eigenvalue weighted by Crippen LogP contribution is 2.62. The zero-order valence-corrected chi connectivity index (χ0v) is 37.1. The van der Waals surface area contributed by atoms with E-state index in [0.717, 1.165) is 59.9 Å². The molecule has 0 spiro atoms. The van der Waals surface area contributed by atoms with Gasteiger partial charge in [0.05, 0.1) is 31.8 Å². The summed E-state index contributed by atoms with van der Waals surface area (Å²) in [6.45, 7) is 7.17. The van der Waals surface area contributed by atoms with Crippen molar-refractivity contribution in [2.24, 2.45) is 22.9 Å². The number of nitrogens with zero attached hydrogens (tertiary/aromatic N) is 2. The molecule has 4 aromatic rings. The summed E-state index contributed by atoms with van der Waals surface area (Å²) in [6, 6.07) is 29.8. The predicted octanol–water partition coefficient (Wildman–Crippen LogP) is 9.62. The number of amides is 1. The molecule has 11 heteroatoms. The van der Waals surface area contributed by atoms with Gasteiger partial charge in [0.1, 0.15) is 41.9 Å². The number of unbranched alkanes of at least 4 members (excludes halogenated alkanes) is 2.